The third-order valence-electron chi connectivity index (χ3n) is 4.27. The number of aromatic nitrogens is 3. The highest BCUT2D eigenvalue weighted by molar-refractivity contribution is 5.93. The highest BCUT2D eigenvalue weighted by Gasteiger charge is 2.28. The molecule has 3 rings (SSSR count). The van der Waals surface area contributed by atoms with Gasteiger partial charge in [0.05, 0.1) is 35.6 Å². The normalized spacial score (nSPS) is 11.2. The molecular formula is C20H16F3N5O3. The first-order chi connectivity index (χ1) is 14.7. The summed E-state index contributed by atoms with van der Waals surface area (Å²) in [7, 11) is 0. The number of pyridine rings is 1. The monoisotopic (exact) mass is 431 g/mol. The summed E-state index contributed by atoms with van der Waals surface area (Å²) in [6.07, 6.45) is -2.09. The van der Waals surface area contributed by atoms with E-state index in [4.69, 9.17) is 5.26 Å². The van der Waals surface area contributed by atoms with Gasteiger partial charge in [0.25, 0.3) is 5.91 Å². The standard InChI is InChI=1S/C20H16F3N5O3/c1-12-8-13(9-24)2-4-15(12)16-11-27-28(19(16)30)17-5-3-14(10-26-17)18(29)25-6-7-31-20(21,22)23/h2-5,8,10-11,30H,6-7H2,1H3,(H,25,29). The van der Waals surface area contributed by atoms with Crippen molar-refractivity contribution in [1.82, 2.24) is 20.1 Å². The number of nitrogens with zero attached hydrogens (tertiary/aromatic N) is 4. The van der Waals surface area contributed by atoms with Gasteiger partial charge in [0.1, 0.15) is 0 Å². The third kappa shape index (κ3) is 5.18. The third-order valence-corrected chi connectivity index (χ3v) is 4.27. The molecule has 2 heterocycles. The van der Waals surface area contributed by atoms with E-state index in [2.05, 4.69) is 20.1 Å². The first kappa shape index (κ1) is 21.8. The lowest BCUT2D eigenvalue weighted by molar-refractivity contribution is -0.323. The van der Waals surface area contributed by atoms with Crippen LogP contribution in [-0.2, 0) is 4.74 Å². The van der Waals surface area contributed by atoms with Crippen molar-refractivity contribution < 1.29 is 27.8 Å². The summed E-state index contributed by atoms with van der Waals surface area (Å²) in [5, 5.41) is 26.0. The predicted octanol–water partition coefficient (Wildman–Crippen LogP) is 3.09. The van der Waals surface area contributed by atoms with Gasteiger partial charge in [-0.15, -0.1) is 13.2 Å². The number of rotatable bonds is 6. The molecule has 31 heavy (non-hydrogen) atoms. The Kier molecular flexibility index (Phi) is 6.22. The van der Waals surface area contributed by atoms with Gasteiger partial charge >= 0.3 is 6.36 Å². The Morgan fingerprint density at radius 3 is 2.65 bits per heavy atom. The Morgan fingerprint density at radius 1 is 1.26 bits per heavy atom. The van der Waals surface area contributed by atoms with Gasteiger partial charge in [-0.1, -0.05) is 6.07 Å². The molecule has 0 spiro atoms. The van der Waals surface area contributed by atoms with E-state index in [1.54, 1.807) is 25.1 Å². The van der Waals surface area contributed by atoms with Crippen LogP contribution in [0.3, 0.4) is 0 Å². The second kappa shape index (κ2) is 8.85. The molecule has 160 valence electrons. The molecule has 0 saturated carbocycles. The molecule has 0 atom stereocenters. The van der Waals surface area contributed by atoms with Crippen LogP contribution in [0.5, 0.6) is 5.88 Å². The average Bonchev–Trinajstić information content (AvgIpc) is 3.11. The van der Waals surface area contributed by atoms with Crippen molar-refractivity contribution in [2.75, 3.05) is 13.2 Å². The van der Waals surface area contributed by atoms with E-state index < -0.39 is 18.9 Å². The molecule has 0 fully saturated rings. The van der Waals surface area contributed by atoms with Gasteiger partial charge in [0, 0.05) is 12.7 Å². The Labute approximate surface area is 174 Å². The molecule has 11 heteroatoms. The number of hydrogen-bond donors (Lipinski definition) is 2. The van der Waals surface area contributed by atoms with Crippen LogP contribution in [0.25, 0.3) is 16.9 Å². The van der Waals surface area contributed by atoms with Crippen molar-refractivity contribution in [2.24, 2.45) is 0 Å². The summed E-state index contributed by atoms with van der Waals surface area (Å²) < 4.78 is 40.5. The second-order valence-corrected chi connectivity index (χ2v) is 6.39. The maximum absolute atomic E-state index is 12.0. The molecule has 1 aromatic carbocycles. The SMILES string of the molecule is Cc1cc(C#N)ccc1-c1cnn(-c2ccc(C(=O)NCCOC(F)(F)F)cn2)c1O. The summed E-state index contributed by atoms with van der Waals surface area (Å²) in [6.45, 7) is 0.769. The first-order valence-electron chi connectivity index (χ1n) is 8.93. The largest absolute Gasteiger partial charge is 0.522 e. The van der Waals surface area contributed by atoms with Crippen LogP contribution in [0.2, 0.25) is 0 Å². The van der Waals surface area contributed by atoms with Crippen LogP contribution in [0.4, 0.5) is 13.2 Å². The zero-order valence-electron chi connectivity index (χ0n) is 16.1. The number of carbonyl (C=O) groups excluding carboxylic acids is 1. The van der Waals surface area contributed by atoms with Crippen molar-refractivity contribution in [3.63, 3.8) is 0 Å². The number of aryl methyl sites for hydroxylation is 1. The molecule has 8 nitrogen and oxygen atoms in total. The van der Waals surface area contributed by atoms with E-state index in [0.29, 0.717) is 16.7 Å². The number of nitrogens with one attached hydrogen (secondary N) is 1. The lowest BCUT2D eigenvalue weighted by Crippen LogP contribution is -2.29. The minimum Gasteiger partial charge on any atom is -0.493 e. The molecule has 0 aliphatic carbocycles. The van der Waals surface area contributed by atoms with Crippen molar-refractivity contribution in [1.29, 1.82) is 5.26 Å². The van der Waals surface area contributed by atoms with Crippen molar-refractivity contribution in [3.8, 4) is 28.9 Å². The molecule has 0 radical (unpaired) electrons. The van der Waals surface area contributed by atoms with Gasteiger partial charge in [0.2, 0.25) is 5.88 Å². The van der Waals surface area contributed by atoms with Gasteiger partial charge in [-0.25, -0.2) is 4.98 Å². The van der Waals surface area contributed by atoms with Gasteiger partial charge < -0.3 is 10.4 Å². The highest BCUT2D eigenvalue weighted by Crippen LogP contribution is 2.33. The molecular weight excluding hydrogens is 415 g/mol. The summed E-state index contributed by atoms with van der Waals surface area (Å²) in [6, 6.07) is 9.91. The smallest absolute Gasteiger partial charge is 0.493 e. The van der Waals surface area contributed by atoms with E-state index in [1.165, 1.54) is 29.2 Å². The van der Waals surface area contributed by atoms with E-state index in [9.17, 15) is 23.1 Å². The molecule has 0 unspecified atom stereocenters. The van der Waals surface area contributed by atoms with Crippen molar-refractivity contribution in [2.45, 2.75) is 13.3 Å². The summed E-state index contributed by atoms with van der Waals surface area (Å²) in [4.78, 5) is 16.1. The zero-order chi connectivity index (χ0) is 22.6. The van der Waals surface area contributed by atoms with Crippen LogP contribution in [0.1, 0.15) is 21.5 Å². The fourth-order valence-electron chi connectivity index (χ4n) is 2.81. The van der Waals surface area contributed by atoms with E-state index in [-0.39, 0.29) is 23.8 Å². The highest BCUT2D eigenvalue weighted by atomic mass is 19.4. The maximum atomic E-state index is 12.0. The number of aromatic hydroxyl groups is 1. The topological polar surface area (TPSA) is 113 Å². The zero-order valence-corrected chi connectivity index (χ0v) is 16.1. The molecule has 3 aromatic rings. The molecule has 0 bridgehead atoms. The minimum atomic E-state index is -4.76. The summed E-state index contributed by atoms with van der Waals surface area (Å²) in [5.74, 6) is -0.572. The van der Waals surface area contributed by atoms with Gasteiger partial charge in [-0.2, -0.15) is 15.0 Å². The predicted molar refractivity (Wildman–Crippen MR) is 102 cm³/mol. The quantitative estimate of drug-likeness (QED) is 0.580. The van der Waals surface area contributed by atoms with Crippen LogP contribution in [0.15, 0.2) is 42.7 Å². The maximum Gasteiger partial charge on any atom is 0.522 e. The number of halogens is 3. The van der Waals surface area contributed by atoms with Crippen LogP contribution in [0, 0.1) is 18.3 Å². The first-order valence-corrected chi connectivity index (χ1v) is 8.93. The number of hydrogen-bond acceptors (Lipinski definition) is 6. The molecule has 0 aliphatic rings. The Morgan fingerprint density at radius 2 is 2.03 bits per heavy atom. The fourth-order valence-corrected chi connectivity index (χ4v) is 2.81. The van der Waals surface area contributed by atoms with Crippen molar-refractivity contribution >= 4 is 5.91 Å². The van der Waals surface area contributed by atoms with Crippen LogP contribution in [-0.4, -0.2) is 45.3 Å². The van der Waals surface area contributed by atoms with Crippen LogP contribution < -0.4 is 5.32 Å². The lowest BCUT2D eigenvalue weighted by atomic mass is 10.0. The number of amides is 1. The van der Waals surface area contributed by atoms with E-state index in [0.717, 1.165) is 5.56 Å². The van der Waals surface area contributed by atoms with Gasteiger partial charge in [0.15, 0.2) is 5.82 Å². The molecule has 0 saturated heterocycles. The van der Waals surface area contributed by atoms with Crippen molar-refractivity contribution in [3.05, 3.63) is 59.4 Å². The Balaban J connectivity index is 1.72. The number of benzene rings is 1. The summed E-state index contributed by atoms with van der Waals surface area (Å²) >= 11 is 0. The van der Waals surface area contributed by atoms with E-state index in [1.807, 2.05) is 6.07 Å². The van der Waals surface area contributed by atoms with E-state index >= 15 is 0 Å². The van der Waals surface area contributed by atoms with Crippen LogP contribution >= 0.6 is 0 Å². The second-order valence-electron chi connectivity index (χ2n) is 6.39. The molecule has 0 aliphatic heterocycles. The number of ether oxygens (including phenoxy) is 1. The molecule has 2 aromatic heterocycles. The number of alkyl halides is 3. The molecule has 2 N–H and O–H groups in total. The minimum absolute atomic E-state index is 0.116. The number of carbonyl (C=O) groups is 1. The Hall–Kier alpha value is -3.91. The summed E-state index contributed by atoms with van der Waals surface area (Å²) in [5.41, 5.74) is 2.53. The lowest BCUT2D eigenvalue weighted by Gasteiger charge is -2.09. The molecule has 1 amide bonds. The number of nitriles is 1. The average molecular weight is 431 g/mol. The Bertz CT molecular complexity index is 1130. The fraction of sp³-hybridized carbons (Fsp3) is 0.200. The van der Waals surface area contributed by atoms with Gasteiger partial charge in [-0.3, -0.25) is 9.53 Å². The van der Waals surface area contributed by atoms with Gasteiger partial charge in [-0.05, 0) is 42.3 Å².